The number of amides is 1. The van der Waals surface area contributed by atoms with Crippen molar-refractivity contribution < 1.29 is 14.3 Å². The van der Waals surface area contributed by atoms with Gasteiger partial charge in [0.1, 0.15) is 11.4 Å². The van der Waals surface area contributed by atoms with E-state index >= 15 is 0 Å². The van der Waals surface area contributed by atoms with Crippen LogP contribution in [0.1, 0.15) is 19.4 Å². The highest BCUT2D eigenvalue weighted by molar-refractivity contribution is 7.99. The van der Waals surface area contributed by atoms with Crippen molar-refractivity contribution in [3.8, 4) is 11.4 Å². The van der Waals surface area contributed by atoms with E-state index in [1.807, 2.05) is 43.9 Å². The average molecular weight is 377 g/mol. The molecule has 1 aromatic heterocycles. The predicted molar refractivity (Wildman–Crippen MR) is 97.8 cm³/mol. The molecular formula is C17H23N5O3S. The summed E-state index contributed by atoms with van der Waals surface area (Å²) in [4.78, 5) is 14.4. The van der Waals surface area contributed by atoms with Crippen LogP contribution in [0.4, 0.5) is 0 Å². The van der Waals surface area contributed by atoms with Gasteiger partial charge in [0.15, 0.2) is 0 Å². The molecule has 9 heteroatoms. The molecule has 0 unspecified atom stereocenters. The van der Waals surface area contributed by atoms with E-state index in [1.54, 1.807) is 11.8 Å². The third-order valence-corrected chi connectivity index (χ3v) is 5.00. The number of thioether (sulfide) groups is 1. The van der Waals surface area contributed by atoms with Gasteiger partial charge in [-0.15, -0.1) is 5.10 Å². The monoisotopic (exact) mass is 377 g/mol. The maximum atomic E-state index is 12.6. The summed E-state index contributed by atoms with van der Waals surface area (Å²) < 4.78 is 12.7. The molecule has 0 saturated carbocycles. The lowest BCUT2D eigenvalue weighted by molar-refractivity contribution is -0.140. The van der Waals surface area contributed by atoms with Gasteiger partial charge in [0, 0.05) is 13.1 Å². The molecule has 0 radical (unpaired) electrons. The van der Waals surface area contributed by atoms with Crippen LogP contribution in [0.15, 0.2) is 23.4 Å². The Morgan fingerprint density at radius 1 is 1.35 bits per heavy atom. The van der Waals surface area contributed by atoms with Gasteiger partial charge in [-0.1, -0.05) is 17.8 Å². The van der Waals surface area contributed by atoms with Crippen LogP contribution in [0.2, 0.25) is 0 Å². The summed E-state index contributed by atoms with van der Waals surface area (Å²) in [5.74, 6) is 1.00. The largest absolute Gasteiger partial charge is 0.494 e. The lowest BCUT2D eigenvalue weighted by Gasteiger charge is -2.35. The first-order chi connectivity index (χ1) is 12.5. The molecule has 1 aromatic carbocycles. The third-order valence-electron chi connectivity index (χ3n) is 4.10. The highest BCUT2D eigenvalue weighted by Crippen LogP contribution is 2.27. The Labute approximate surface area is 156 Å². The first-order valence-corrected chi connectivity index (χ1v) is 9.46. The van der Waals surface area contributed by atoms with Crippen molar-refractivity contribution in [1.82, 2.24) is 25.1 Å². The Bertz CT molecular complexity index is 772. The van der Waals surface area contributed by atoms with E-state index in [1.165, 1.54) is 11.8 Å². The van der Waals surface area contributed by atoms with Gasteiger partial charge in [-0.3, -0.25) is 4.79 Å². The number of carbonyl (C=O) groups is 1. The lowest BCUT2D eigenvalue weighted by Crippen LogP contribution is -2.48. The molecule has 0 bridgehead atoms. The van der Waals surface area contributed by atoms with Gasteiger partial charge >= 0.3 is 0 Å². The zero-order chi connectivity index (χ0) is 18.7. The van der Waals surface area contributed by atoms with Crippen LogP contribution in [0, 0.1) is 6.92 Å². The van der Waals surface area contributed by atoms with Crippen molar-refractivity contribution in [3.05, 3.63) is 23.8 Å². The number of nitrogens with zero attached hydrogens (tertiary/aromatic N) is 5. The van der Waals surface area contributed by atoms with Gasteiger partial charge in [0.2, 0.25) is 11.1 Å². The van der Waals surface area contributed by atoms with E-state index in [-0.39, 0.29) is 23.9 Å². The SMILES string of the molecule is COc1ccc(C)cc1-n1nnnc1SCC(=O)N1C[C@H](C)O[C@@H](C)C1. The fraction of sp³-hybridized carbons (Fsp3) is 0.529. The smallest absolute Gasteiger partial charge is 0.233 e. The Hall–Kier alpha value is -2.13. The molecular weight excluding hydrogens is 354 g/mol. The summed E-state index contributed by atoms with van der Waals surface area (Å²) >= 11 is 1.32. The number of rotatable bonds is 5. The fourth-order valence-electron chi connectivity index (χ4n) is 2.98. The quantitative estimate of drug-likeness (QED) is 0.734. The van der Waals surface area contributed by atoms with E-state index in [9.17, 15) is 4.79 Å². The molecule has 3 rings (SSSR count). The van der Waals surface area contributed by atoms with E-state index in [0.29, 0.717) is 24.0 Å². The number of hydrogen-bond donors (Lipinski definition) is 0. The van der Waals surface area contributed by atoms with Crippen molar-refractivity contribution in [2.45, 2.75) is 38.1 Å². The van der Waals surface area contributed by atoms with Gasteiger partial charge < -0.3 is 14.4 Å². The number of morpholine rings is 1. The van der Waals surface area contributed by atoms with Gasteiger partial charge in [-0.25, -0.2) is 0 Å². The molecule has 1 fully saturated rings. The van der Waals surface area contributed by atoms with Crippen molar-refractivity contribution in [2.75, 3.05) is 26.0 Å². The van der Waals surface area contributed by atoms with E-state index in [4.69, 9.17) is 9.47 Å². The van der Waals surface area contributed by atoms with Crippen molar-refractivity contribution >= 4 is 17.7 Å². The second-order valence-electron chi connectivity index (χ2n) is 6.39. The number of tetrazole rings is 1. The number of hydrogen-bond acceptors (Lipinski definition) is 7. The number of carbonyl (C=O) groups excluding carboxylic acids is 1. The zero-order valence-electron chi connectivity index (χ0n) is 15.4. The Balaban J connectivity index is 1.72. The van der Waals surface area contributed by atoms with Crippen molar-refractivity contribution in [3.63, 3.8) is 0 Å². The summed E-state index contributed by atoms with van der Waals surface area (Å²) in [6.07, 6.45) is 0.101. The Morgan fingerprint density at radius 2 is 2.08 bits per heavy atom. The highest BCUT2D eigenvalue weighted by atomic mass is 32.2. The lowest BCUT2D eigenvalue weighted by atomic mass is 10.2. The molecule has 2 atom stereocenters. The van der Waals surface area contributed by atoms with Crippen LogP contribution in [0.5, 0.6) is 5.75 Å². The number of methoxy groups -OCH3 is 1. The van der Waals surface area contributed by atoms with Crippen LogP contribution in [-0.4, -0.2) is 69.2 Å². The molecule has 2 heterocycles. The zero-order valence-corrected chi connectivity index (χ0v) is 16.2. The number of ether oxygens (including phenoxy) is 2. The second-order valence-corrected chi connectivity index (χ2v) is 7.34. The van der Waals surface area contributed by atoms with Gasteiger partial charge in [0.25, 0.3) is 0 Å². The molecule has 1 saturated heterocycles. The minimum Gasteiger partial charge on any atom is -0.494 e. The molecule has 1 amide bonds. The molecule has 8 nitrogen and oxygen atoms in total. The van der Waals surface area contributed by atoms with E-state index in [2.05, 4.69) is 15.5 Å². The minimum atomic E-state index is 0.0505. The molecule has 140 valence electrons. The Kier molecular flexibility index (Phi) is 5.77. The summed E-state index contributed by atoms with van der Waals surface area (Å²) in [5.41, 5.74) is 1.82. The molecule has 26 heavy (non-hydrogen) atoms. The van der Waals surface area contributed by atoms with Crippen molar-refractivity contribution in [2.24, 2.45) is 0 Å². The van der Waals surface area contributed by atoms with E-state index in [0.717, 1.165) is 11.3 Å². The summed E-state index contributed by atoms with van der Waals surface area (Å²) in [6, 6.07) is 5.79. The Morgan fingerprint density at radius 3 is 2.77 bits per heavy atom. The second kappa shape index (κ2) is 8.05. The van der Waals surface area contributed by atoms with Gasteiger partial charge in [-0.05, 0) is 48.9 Å². The van der Waals surface area contributed by atoms with Crippen LogP contribution < -0.4 is 4.74 Å². The molecule has 0 spiro atoms. The average Bonchev–Trinajstić information content (AvgIpc) is 3.07. The first-order valence-electron chi connectivity index (χ1n) is 8.47. The topological polar surface area (TPSA) is 82.4 Å². The highest BCUT2D eigenvalue weighted by Gasteiger charge is 2.26. The normalized spacial score (nSPS) is 20.2. The van der Waals surface area contributed by atoms with Crippen LogP contribution >= 0.6 is 11.8 Å². The minimum absolute atomic E-state index is 0.0505. The number of aryl methyl sites for hydroxylation is 1. The molecule has 1 aliphatic heterocycles. The molecule has 1 aliphatic rings. The number of benzene rings is 1. The summed E-state index contributed by atoms with van der Waals surface area (Å²) in [6.45, 7) is 7.17. The molecule has 2 aromatic rings. The molecule has 0 aliphatic carbocycles. The van der Waals surface area contributed by atoms with Crippen LogP contribution in [-0.2, 0) is 9.53 Å². The van der Waals surface area contributed by atoms with E-state index < -0.39 is 0 Å². The maximum absolute atomic E-state index is 12.6. The third kappa shape index (κ3) is 4.16. The predicted octanol–water partition coefficient (Wildman–Crippen LogP) is 1.71. The molecule has 0 N–H and O–H groups in total. The first kappa shape index (κ1) is 18.7. The maximum Gasteiger partial charge on any atom is 0.233 e. The number of aromatic nitrogens is 4. The summed E-state index contributed by atoms with van der Waals surface area (Å²) in [5, 5.41) is 12.4. The van der Waals surface area contributed by atoms with Gasteiger partial charge in [-0.2, -0.15) is 4.68 Å². The fourth-order valence-corrected chi connectivity index (χ4v) is 3.77. The summed E-state index contributed by atoms with van der Waals surface area (Å²) in [7, 11) is 1.61. The van der Waals surface area contributed by atoms with Crippen LogP contribution in [0.3, 0.4) is 0 Å². The standard InChI is InChI=1S/C17H23N5O3S/c1-11-5-6-15(24-4)14(7-11)22-17(18-19-20-22)26-10-16(23)21-8-12(2)25-13(3)9-21/h5-7,12-13H,8-10H2,1-4H3/t12-,13-/m0/s1. The van der Waals surface area contributed by atoms with Gasteiger partial charge in [0.05, 0.1) is 25.1 Å². The van der Waals surface area contributed by atoms with Crippen LogP contribution in [0.25, 0.3) is 5.69 Å². The van der Waals surface area contributed by atoms with Crippen molar-refractivity contribution in [1.29, 1.82) is 0 Å².